The molecule has 1 aromatic heterocycles. The van der Waals surface area contributed by atoms with Crippen molar-refractivity contribution in [2.75, 3.05) is 5.32 Å². The molecule has 0 radical (unpaired) electrons. The zero-order valence-electron chi connectivity index (χ0n) is 7.74. The van der Waals surface area contributed by atoms with Gasteiger partial charge in [0, 0.05) is 21.4 Å². The fourth-order valence-electron chi connectivity index (χ4n) is 1.21. The summed E-state index contributed by atoms with van der Waals surface area (Å²) in [6, 6.07) is 9.51. The first-order valence-corrected chi connectivity index (χ1v) is 5.54. The van der Waals surface area contributed by atoms with Crippen LogP contribution in [0.5, 0.6) is 0 Å². The Hall–Kier alpha value is -1.06. The molecule has 2 rings (SSSR count). The average molecular weight is 284 g/mol. The molecule has 0 bridgehead atoms. The molecule has 0 aliphatic carbocycles. The highest BCUT2D eigenvalue weighted by Crippen LogP contribution is 2.21. The van der Waals surface area contributed by atoms with Gasteiger partial charge in [0.1, 0.15) is 0 Å². The lowest BCUT2D eigenvalue weighted by Gasteiger charge is -2.06. The SMILES string of the molecule is Clc1cccc(Nc2cncc(Br)c2)c1. The van der Waals surface area contributed by atoms with E-state index in [1.54, 1.807) is 12.4 Å². The van der Waals surface area contributed by atoms with Gasteiger partial charge in [-0.15, -0.1) is 0 Å². The molecule has 1 N–H and O–H groups in total. The van der Waals surface area contributed by atoms with Gasteiger partial charge in [-0.05, 0) is 40.2 Å². The van der Waals surface area contributed by atoms with Gasteiger partial charge in [0.05, 0.1) is 11.9 Å². The van der Waals surface area contributed by atoms with Crippen LogP contribution in [0.4, 0.5) is 11.4 Å². The summed E-state index contributed by atoms with van der Waals surface area (Å²) in [6.45, 7) is 0. The Balaban J connectivity index is 2.22. The van der Waals surface area contributed by atoms with Crippen LogP contribution in [-0.2, 0) is 0 Å². The number of hydrogen-bond donors (Lipinski definition) is 1. The number of nitrogens with one attached hydrogen (secondary N) is 1. The van der Waals surface area contributed by atoms with E-state index in [-0.39, 0.29) is 0 Å². The second-order valence-corrected chi connectivity index (χ2v) is 4.38. The van der Waals surface area contributed by atoms with Gasteiger partial charge in [-0.2, -0.15) is 0 Å². The van der Waals surface area contributed by atoms with Gasteiger partial charge in [0.15, 0.2) is 0 Å². The Morgan fingerprint density at radius 3 is 2.73 bits per heavy atom. The molecule has 15 heavy (non-hydrogen) atoms. The van der Waals surface area contributed by atoms with E-state index in [2.05, 4.69) is 26.2 Å². The van der Waals surface area contributed by atoms with Crippen LogP contribution < -0.4 is 5.32 Å². The quantitative estimate of drug-likeness (QED) is 0.891. The lowest BCUT2D eigenvalue weighted by atomic mass is 10.3. The molecule has 0 unspecified atom stereocenters. The van der Waals surface area contributed by atoms with Gasteiger partial charge >= 0.3 is 0 Å². The number of halogens is 2. The smallest absolute Gasteiger partial charge is 0.0582 e. The monoisotopic (exact) mass is 282 g/mol. The summed E-state index contributed by atoms with van der Waals surface area (Å²) < 4.78 is 0.939. The van der Waals surface area contributed by atoms with Crippen LogP contribution in [0.3, 0.4) is 0 Å². The van der Waals surface area contributed by atoms with E-state index >= 15 is 0 Å². The summed E-state index contributed by atoms with van der Waals surface area (Å²) in [5.41, 5.74) is 1.87. The van der Waals surface area contributed by atoms with Crippen LogP contribution in [0.25, 0.3) is 0 Å². The van der Waals surface area contributed by atoms with E-state index < -0.39 is 0 Å². The van der Waals surface area contributed by atoms with Crippen molar-refractivity contribution in [3.63, 3.8) is 0 Å². The average Bonchev–Trinajstić information content (AvgIpc) is 2.17. The fourth-order valence-corrected chi connectivity index (χ4v) is 1.77. The molecule has 0 fully saturated rings. The lowest BCUT2D eigenvalue weighted by Crippen LogP contribution is -1.90. The summed E-state index contributed by atoms with van der Waals surface area (Å²) in [7, 11) is 0. The predicted octanol–water partition coefficient (Wildman–Crippen LogP) is 4.24. The van der Waals surface area contributed by atoms with Crippen molar-refractivity contribution in [3.8, 4) is 0 Å². The standard InChI is InChI=1S/C11H8BrClN2/c12-8-4-11(7-14-6-8)15-10-3-1-2-9(13)5-10/h1-7,15H. The van der Waals surface area contributed by atoms with Gasteiger partial charge in [-0.1, -0.05) is 17.7 Å². The summed E-state index contributed by atoms with van der Waals surface area (Å²) in [5, 5.41) is 3.92. The van der Waals surface area contributed by atoms with Gasteiger partial charge < -0.3 is 5.32 Å². The minimum atomic E-state index is 0.711. The molecule has 1 aromatic carbocycles. The number of aromatic nitrogens is 1. The van der Waals surface area contributed by atoms with Crippen molar-refractivity contribution in [2.24, 2.45) is 0 Å². The molecule has 4 heteroatoms. The van der Waals surface area contributed by atoms with E-state index in [1.807, 2.05) is 30.3 Å². The largest absolute Gasteiger partial charge is 0.354 e. The van der Waals surface area contributed by atoms with E-state index in [0.29, 0.717) is 5.02 Å². The fraction of sp³-hybridized carbons (Fsp3) is 0. The molecular formula is C11H8BrClN2. The summed E-state index contributed by atoms with van der Waals surface area (Å²) >= 11 is 9.24. The molecule has 0 spiro atoms. The maximum absolute atomic E-state index is 5.88. The molecule has 2 aromatic rings. The second-order valence-electron chi connectivity index (χ2n) is 3.03. The van der Waals surface area contributed by atoms with Crippen molar-refractivity contribution in [1.82, 2.24) is 4.98 Å². The number of benzene rings is 1. The maximum Gasteiger partial charge on any atom is 0.0582 e. The van der Waals surface area contributed by atoms with Crippen LogP contribution >= 0.6 is 27.5 Å². The topological polar surface area (TPSA) is 24.9 Å². The van der Waals surface area contributed by atoms with E-state index in [0.717, 1.165) is 15.8 Å². The van der Waals surface area contributed by atoms with E-state index in [4.69, 9.17) is 11.6 Å². The highest BCUT2D eigenvalue weighted by Gasteiger charge is 1.96. The molecule has 0 atom stereocenters. The Labute approximate surface area is 101 Å². The lowest BCUT2D eigenvalue weighted by molar-refractivity contribution is 1.30. The number of hydrogen-bond acceptors (Lipinski definition) is 2. The van der Waals surface area contributed by atoms with Crippen LogP contribution in [0.1, 0.15) is 0 Å². The summed E-state index contributed by atoms with van der Waals surface area (Å²) in [5.74, 6) is 0. The second kappa shape index (κ2) is 4.64. The molecule has 0 saturated carbocycles. The zero-order valence-corrected chi connectivity index (χ0v) is 10.1. The molecule has 76 valence electrons. The molecule has 0 aliphatic heterocycles. The zero-order chi connectivity index (χ0) is 10.7. The van der Waals surface area contributed by atoms with Gasteiger partial charge in [-0.3, -0.25) is 4.98 Å². The highest BCUT2D eigenvalue weighted by molar-refractivity contribution is 9.10. The summed E-state index contributed by atoms with van der Waals surface area (Å²) in [4.78, 5) is 4.06. The number of rotatable bonds is 2. The third-order valence-electron chi connectivity index (χ3n) is 1.82. The van der Waals surface area contributed by atoms with Gasteiger partial charge in [0.25, 0.3) is 0 Å². The highest BCUT2D eigenvalue weighted by atomic mass is 79.9. The van der Waals surface area contributed by atoms with E-state index in [1.165, 1.54) is 0 Å². The minimum absolute atomic E-state index is 0.711. The van der Waals surface area contributed by atoms with Crippen molar-refractivity contribution in [1.29, 1.82) is 0 Å². The van der Waals surface area contributed by atoms with Crippen molar-refractivity contribution in [2.45, 2.75) is 0 Å². The van der Waals surface area contributed by atoms with Crippen LogP contribution in [0.2, 0.25) is 5.02 Å². The Morgan fingerprint density at radius 1 is 1.13 bits per heavy atom. The minimum Gasteiger partial charge on any atom is -0.354 e. The van der Waals surface area contributed by atoms with Gasteiger partial charge in [-0.25, -0.2) is 0 Å². The Bertz CT molecular complexity index is 430. The van der Waals surface area contributed by atoms with Crippen LogP contribution in [0.15, 0.2) is 47.2 Å². The first-order valence-electron chi connectivity index (χ1n) is 4.37. The van der Waals surface area contributed by atoms with Crippen molar-refractivity contribution >= 4 is 38.9 Å². The number of anilines is 2. The normalized spacial score (nSPS) is 10.0. The molecule has 0 aliphatic rings. The number of pyridine rings is 1. The first-order chi connectivity index (χ1) is 7.24. The maximum atomic E-state index is 5.88. The molecule has 1 heterocycles. The van der Waals surface area contributed by atoms with Gasteiger partial charge in [0.2, 0.25) is 0 Å². The molecule has 0 saturated heterocycles. The van der Waals surface area contributed by atoms with Crippen LogP contribution in [0, 0.1) is 0 Å². The first kappa shape index (κ1) is 10.5. The van der Waals surface area contributed by atoms with Crippen molar-refractivity contribution < 1.29 is 0 Å². The molecule has 0 amide bonds. The third kappa shape index (κ3) is 2.94. The third-order valence-corrected chi connectivity index (χ3v) is 2.49. The molecular weight excluding hydrogens is 275 g/mol. The van der Waals surface area contributed by atoms with Crippen molar-refractivity contribution in [3.05, 3.63) is 52.2 Å². The number of nitrogens with zero attached hydrogens (tertiary/aromatic N) is 1. The molecule has 2 nitrogen and oxygen atoms in total. The Kier molecular flexibility index (Phi) is 3.23. The summed E-state index contributed by atoms with van der Waals surface area (Å²) in [6.07, 6.45) is 3.49. The van der Waals surface area contributed by atoms with E-state index in [9.17, 15) is 0 Å². The Morgan fingerprint density at radius 2 is 2.00 bits per heavy atom. The predicted molar refractivity (Wildman–Crippen MR) is 66.7 cm³/mol. The van der Waals surface area contributed by atoms with Crippen LogP contribution in [-0.4, -0.2) is 4.98 Å².